The van der Waals surface area contributed by atoms with Crippen LogP contribution in [0.25, 0.3) is 0 Å². The Labute approximate surface area is 153 Å². The van der Waals surface area contributed by atoms with Gasteiger partial charge in [0, 0.05) is 26.3 Å². The third-order valence-corrected chi connectivity index (χ3v) is 4.78. The van der Waals surface area contributed by atoms with Crippen LogP contribution in [0.15, 0.2) is 31.0 Å². The number of hydrogen-bond donors (Lipinski definition) is 1. The molecule has 1 N–H and O–H groups in total. The van der Waals surface area contributed by atoms with E-state index in [1.165, 1.54) is 11.9 Å². The van der Waals surface area contributed by atoms with Gasteiger partial charge >= 0.3 is 0 Å². The Balaban J connectivity index is 1.59. The van der Waals surface area contributed by atoms with Crippen LogP contribution in [-0.2, 0) is 21.5 Å². The number of nitrogens with one attached hydrogen (secondary N) is 1. The van der Waals surface area contributed by atoms with Crippen molar-refractivity contribution in [1.29, 1.82) is 0 Å². The predicted molar refractivity (Wildman–Crippen MR) is 97.8 cm³/mol. The molecule has 3 rings (SSSR count). The lowest BCUT2D eigenvalue weighted by Crippen LogP contribution is -2.53. The fraction of sp³-hybridized carbons (Fsp3) is 0.556. The van der Waals surface area contributed by atoms with E-state index < -0.39 is 5.54 Å². The Morgan fingerprint density at radius 2 is 2.31 bits per heavy atom. The third-order valence-electron chi connectivity index (χ3n) is 4.78. The van der Waals surface area contributed by atoms with Crippen LogP contribution in [0.5, 0.6) is 0 Å². The smallest absolute Gasteiger partial charge is 0.250 e. The van der Waals surface area contributed by atoms with Gasteiger partial charge < -0.3 is 15.0 Å². The van der Waals surface area contributed by atoms with Crippen molar-refractivity contribution < 1.29 is 9.53 Å². The molecule has 1 aliphatic rings. The lowest BCUT2D eigenvalue weighted by atomic mass is 10.0. The molecular formula is C18H26N6O2. The number of rotatable bonds is 6. The number of carbonyl (C=O) groups is 1. The number of carbonyl (C=O) groups excluding carboxylic acids is 1. The van der Waals surface area contributed by atoms with Crippen LogP contribution in [0, 0.1) is 0 Å². The average molecular weight is 358 g/mol. The third kappa shape index (κ3) is 4.01. The van der Waals surface area contributed by atoms with Crippen molar-refractivity contribution in [2.45, 2.75) is 38.3 Å². The van der Waals surface area contributed by atoms with E-state index in [2.05, 4.69) is 20.4 Å². The Morgan fingerprint density at radius 3 is 3.04 bits per heavy atom. The lowest BCUT2D eigenvalue weighted by Gasteiger charge is -2.37. The zero-order valence-corrected chi connectivity index (χ0v) is 15.6. The lowest BCUT2D eigenvalue weighted by molar-refractivity contribution is -0.147. The molecule has 1 atom stereocenters. The summed E-state index contributed by atoms with van der Waals surface area (Å²) in [4.78, 5) is 23.0. The van der Waals surface area contributed by atoms with E-state index in [1.807, 2.05) is 37.9 Å². The molecule has 140 valence electrons. The Morgan fingerprint density at radius 1 is 1.46 bits per heavy atom. The molecule has 8 nitrogen and oxygen atoms in total. The van der Waals surface area contributed by atoms with Gasteiger partial charge in [-0.25, -0.2) is 14.6 Å². The SMILES string of the molecule is CNc1cc(CC[C@@H]2CN(C(=O)C(C)(C)n3cncn3)CCO2)ccn1. The molecular weight excluding hydrogens is 332 g/mol. The Bertz CT molecular complexity index is 731. The fourth-order valence-corrected chi connectivity index (χ4v) is 3.15. The number of pyridine rings is 1. The van der Waals surface area contributed by atoms with E-state index in [-0.39, 0.29) is 12.0 Å². The second-order valence-corrected chi connectivity index (χ2v) is 6.98. The van der Waals surface area contributed by atoms with Crippen molar-refractivity contribution in [1.82, 2.24) is 24.6 Å². The minimum Gasteiger partial charge on any atom is -0.375 e. The molecule has 1 aliphatic heterocycles. The number of anilines is 1. The molecule has 2 aromatic rings. The first-order valence-electron chi connectivity index (χ1n) is 8.89. The van der Waals surface area contributed by atoms with Crippen LogP contribution in [0.3, 0.4) is 0 Å². The number of aromatic nitrogens is 4. The van der Waals surface area contributed by atoms with Crippen molar-refractivity contribution in [3.05, 3.63) is 36.5 Å². The average Bonchev–Trinajstić information content (AvgIpc) is 3.22. The molecule has 1 amide bonds. The molecule has 0 aliphatic carbocycles. The fourth-order valence-electron chi connectivity index (χ4n) is 3.15. The molecule has 26 heavy (non-hydrogen) atoms. The summed E-state index contributed by atoms with van der Waals surface area (Å²) < 4.78 is 7.49. The van der Waals surface area contributed by atoms with Gasteiger partial charge in [-0.2, -0.15) is 5.10 Å². The van der Waals surface area contributed by atoms with Crippen molar-refractivity contribution in [2.24, 2.45) is 0 Å². The highest BCUT2D eigenvalue weighted by molar-refractivity contribution is 5.83. The minimum atomic E-state index is -0.759. The molecule has 0 saturated carbocycles. The van der Waals surface area contributed by atoms with E-state index in [9.17, 15) is 4.79 Å². The van der Waals surface area contributed by atoms with Gasteiger partial charge in [-0.05, 0) is 44.4 Å². The molecule has 0 bridgehead atoms. The van der Waals surface area contributed by atoms with Crippen LogP contribution in [0.2, 0.25) is 0 Å². The highest BCUT2D eigenvalue weighted by Gasteiger charge is 2.36. The zero-order chi connectivity index (χ0) is 18.6. The highest BCUT2D eigenvalue weighted by Crippen LogP contribution is 2.21. The summed E-state index contributed by atoms with van der Waals surface area (Å²) >= 11 is 0. The summed E-state index contributed by atoms with van der Waals surface area (Å²) in [6.45, 7) is 5.49. The minimum absolute atomic E-state index is 0.0328. The summed E-state index contributed by atoms with van der Waals surface area (Å²) in [7, 11) is 1.86. The van der Waals surface area contributed by atoms with Crippen LogP contribution < -0.4 is 5.32 Å². The molecule has 0 unspecified atom stereocenters. The predicted octanol–water partition coefficient (Wildman–Crippen LogP) is 1.31. The maximum atomic E-state index is 13.0. The van der Waals surface area contributed by atoms with Gasteiger partial charge in [-0.3, -0.25) is 4.79 Å². The van der Waals surface area contributed by atoms with Crippen LogP contribution in [-0.4, -0.2) is 63.4 Å². The van der Waals surface area contributed by atoms with Crippen molar-refractivity contribution >= 4 is 11.7 Å². The van der Waals surface area contributed by atoms with Gasteiger partial charge in [-0.1, -0.05) is 0 Å². The molecule has 3 heterocycles. The molecule has 0 spiro atoms. The maximum absolute atomic E-state index is 13.0. The highest BCUT2D eigenvalue weighted by atomic mass is 16.5. The number of ether oxygens (including phenoxy) is 1. The number of aryl methyl sites for hydroxylation is 1. The van der Waals surface area contributed by atoms with E-state index in [4.69, 9.17) is 4.74 Å². The van der Waals surface area contributed by atoms with Crippen LogP contribution in [0.1, 0.15) is 25.8 Å². The van der Waals surface area contributed by atoms with Gasteiger partial charge in [0.25, 0.3) is 0 Å². The van der Waals surface area contributed by atoms with Gasteiger partial charge in [-0.15, -0.1) is 0 Å². The summed E-state index contributed by atoms with van der Waals surface area (Å²) in [5.41, 5.74) is 0.449. The Hall–Kier alpha value is -2.48. The molecule has 1 fully saturated rings. The van der Waals surface area contributed by atoms with E-state index in [0.717, 1.165) is 18.7 Å². The van der Waals surface area contributed by atoms with Crippen LogP contribution in [0.4, 0.5) is 5.82 Å². The van der Waals surface area contributed by atoms with Gasteiger partial charge in [0.2, 0.25) is 5.91 Å². The monoisotopic (exact) mass is 358 g/mol. The molecule has 1 saturated heterocycles. The number of nitrogens with zero attached hydrogens (tertiary/aromatic N) is 5. The molecule has 2 aromatic heterocycles. The summed E-state index contributed by atoms with van der Waals surface area (Å²) in [5, 5.41) is 7.18. The van der Waals surface area contributed by atoms with Crippen LogP contribution >= 0.6 is 0 Å². The van der Waals surface area contributed by atoms with Crippen molar-refractivity contribution in [3.8, 4) is 0 Å². The molecule has 0 radical (unpaired) electrons. The van der Waals surface area contributed by atoms with Gasteiger partial charge in [0.15, 0.2) is 0 Å². The van der Waals surface area contributed by atoms with Crippen molar-refractivity contribution in [3.63, 3.8) is 0 Å². The summed E-state index contributed by atoms with van der Waals surface area (Å²) in [5.74, 6) is 0.899. The first-order valence-corrected chi connectivity index (χ1v) is 8.89. The molecule has 0 aromatic carbocycles. The largest absolute Gasteiger partial charge is 0.375 e. The summed E-state index contributed by atoms with van der Waals surface area (Å²) in [6, 6.07) is 4.06. The Kier molecular flexibility index (Phi) is 5.51. The first kappa shape index (κ1) is 18.3. The first-order chi connectivity index (χ1) is 12.5. The normalized spacial score (nSPS) is 18.0. The van der Waals surface area contributed by atoms with Crippen molar-refractivity contribution in [2.75, 3.05) is 32.1 Å². The van der Waals surface area contributed by atoms with Gasteiger partial charge in [0.1, 0.15) is 24.0 Å². The molecule has 8 heteroatoms. The quantitative estimate of drug-likeness (QED) is 0.838. The zero-order valence-electron chi connectivity index (χ0n) is 15.6. The van der Waals surface area contributed by atoms with E-state index in [0.29, 0.717) is 19.7 Å². The van der Waals surface area contributed by atoms with Gasteiger partial charge in [0.05, 0.1) is 12.7 Å². The topological polar surface area (TPSA) is 85.2 Å². The van der Waals surface area contributed by atoms with E-state index >= 15 is 0 Å². The standard InChI is InChI=1S/C18H26N6O2/c1-18(2,24-13-20-12-22-24)17(25)23-8-9-26-15(11-23)5-4-14-6-7-21-16(10-14)19-3/h6-7,10,12-13,15H,4-5,8-9,11H2,1-3H3,(H,19,21)/t15-/m1/s1. The maximum Gasteiger partial charge on any atom is 0.250 e. The van der Waals surface area contributed by atoms with E-state index in [1.54, 1.807) is 17.2 Å². The number of hydrogen-bond acceptors (Lipinski definition) is 6. The number of amides is 1. The second kappa shape index (κ2) is 7.82. The second-order valence-electron chi connectivity index (χ2n) is 6.98. The number of morpholine rings is 1. The summed E-state index contributed by atoms with van der Waals surface area (Å²) in [6.07, 6.45) is 6.62.